The van der Waals surface area contributed by atoms with Crippen LogP contribution in [0.3, 0.4) is 0 Å². The van der Waals surface area contributed by atoms with Crippen molar-refractivity contribution in [2.24, 2.45) is 0 Å². The van der Waals surface area contributed by atoms with Gasteiger partial charge in [0.15, 0.2) is 0 Å². The van der Waals surface area contributed by atoms with E-state index in [1.54, 1.807) is 12.1 Å². The number of thioether (sulfide) groups is 1. The highest BCUT2D eigenvalue weighted by atomic mass is 35.5. The molecule has 6 heteroatoms. The number of hydrogen-bond donors (Lipinski definition) is 1. The Balaban J connectivity index is 2.12. The summed E-state index contributed by atoms with van der Waals surface area (Å²) in [5.74, 6) is 0.990. The molecule has 0 saturated heterocycles. The fraction of sp³-hybridized carbons (Fsp3) is 0.231. The van der Waals surface area contributed by atoms with E-state index in [1.165, 1.54) is 11.8 Å². The van der Waals surface area contributed by atoms with Crippen molar-refractivity contribution in [2.45, 2.75) is 12.7 Å². The molecule has 1 heterocycles. The minimum Gasteiger partial charge on any atom is -0.481 e. The summed E-state index contributed by atoms with van der Waals surface area (Å²) in [6.07, 6.45) is 0. The molecule has 0 fully saturated rings. The molecule has 0 amide bonds. The second-order valence-electron chi connectivity index (χ2n) is 3.92. The largest absolute Gasteiger partial charge is 0.481 e. The van der Waals surface area contributed by atoms with Crippen LogP contribution in [0.1, 0.15) is 11.5 Å². The molecule has 2 rings (SSSR count). The first-order chi connectivity index (χ1) is 9.06. The molecule has 1 aromatic carbocycles. The molecular formula is C13H12ClNO3S. The van der Waals surface area contributed by atoms with Gasteiger partial charge in [0.25, 0.3) is 0 Å². The summed E-state index contributed by atoms with van der Waals surface area (Å²) in [6, 6.07) is 7.22. The minimum atomic E-state index is -0.830. The van der Waals surface area contributed by atoms with Gasteiger partial charge < -0.3 is 9.52 Å². The second kappa shape index (κ2) is 6.12. The number of aliphatic carboxylic acids is 1. The Kier molecular flexibility index (Phi) is 4.50. The molecule has 0 aliphatic rings. The summed E-state index contributed by atoms with van der Waals surface area (Å²) in [4.78, 5) is 14.8. The summed E-state index contributed by atoms with van der Waals surface area (Å²) in [6.45, 7) is 1.82. The van der Waals surface area contributed by atoms with E-state index in [-0.39, 0.29) is 5.75 Å². The number of oxazole rings is 1. The number of aryl methyl sites for hydroxylation is 1. The van der Waals surface area contributed by atoms with Crippen molar-refractivity contribution in [3.63, 3.8) is 0 Å². The molecule has 100 valence electrons. The first-order valence-corrected chi connectivity index (χ1v) is 7.11. The monoisotopic (exact) mass is 297 g/mol. The van der Waals surface area contributed by atoms with E-state index in [0.717, 1.165) is 11.3 Å². The molecule has 0 spiro atoms. The predicted octanol–water partition coefficient (Wildman–Crippen LogP) is 3.62. The molecular weight excluding hydrogens is 286 g/mol. The SMILES string of the molecule is Cc1oc(-c2ccc(Cl)cc2)nc1CSCC(=O)O. The summed E-state index contributed by atoms with van der Waals surface area (Å²) >= 11 is 7.12. The van der Waals surface area contributed by atoms with Crippen LogP contribution < -0.4 is 0 Å². The van der Waals surface area contributed by atoms with Crippen LogP contribution in [0.2, 0.25) is 5.02 Å². The smallest absolute Gasteiger partial charge is 0.313 e. The molecule has 0 aliphatic carbocycles. The third-order valence-electron chi connectivity index (χ3n) is 2.45. The van der Waals surface area contributed by atoms with Crippen LogP contribution >= 0.6 is 23.4 Å². The number of rotatable bonds is 5. The number of nitrogens with zero attached hydrogens (tertiary/aromatic N) is 1. The van der Waals surface area contributed by atoms with Crippen LogP contribution in [0.5, 0.6) is 0 Å². The number of carboxylic acids is 1. The number of hydrogen-bond acceptors (Lipinski definition) is 4. The van der Waals surface area contributed by atoms with Crippen molar-refractivity contribution in [3.05, 3.63) is 40.7 Å². The van der Waals surface area contributed by atoms with E-state index >= 15 is 0 Å². The fourth-order valence-electron chi connectivity index (χ4n) is 1.51. The summed E-state index contributed by atoms with van der Waals surface area (Å²) in [7, 11) is 0. The van der Waals surface area contributed by atoms with E-state index in [9.17, 15) is 4.79 Å². The molecule has 0 unspecified atom stereocenters. The minimum absolute atomic E-state index is 0.0581. The van der Waals surface area contributed by atoms with Gasteiger partial charge in [-0.05, 0) is 31.2 Å². The van der Waals surface area contributed by atoms with E-state index in [1.807, 2.05) is 19.1 Å². The average Bonchev–Trinajstić information content (AvgIpc) is 2.71. The average molecular weight is 298 g/mol. The predicted molar refractivity (Wildman–Crippen MR) is 75.5 cm³/mol. The first kappa shape index (κ1) is 14.0. The quantitative estimate of drug-likeness (QED) is 0.913. The van der Waals surface area contributed by atoms with E-state index in [0.29, 0.717) is 22.4 Å². The van der Waals surface area contributed by atoms with Gasteiger partial charge in [-0.3, -0.25) is 4.79 Å². The van der Waals surface area contributed by atoms with Gasteiger partial charge in [0, 0.05) is 16.3 Å². The van der Waals surface area contributed by atoms with Gasteiger partial charge in [0.1, 0.15) is 5.76 Å². The Bertz CT molecular complexity index is 580. The van der Waals surface area contributed by atoms with Crippen molar-refractivity contribution >= 4 is 29.3 Å². The maximum atomic E-state index is 10.5. The third-order valence-corrected chi connectivity index (χ3v) is 3.63. The summed E-state index contributed by atoms with van der Waals surface area (Å²) in [5, 5.41) is 9.25. The normalized spacial score (nSPS) is 10.6. The zero-order valence-corrected chi connectivity index (χ0v) is 11.8. The molecule has 0 aliphatic heterocycles. The van der Waals surface area contributed by atoms with E-state index < -0.39 is 5.97 Å². The van der Waals surface area contributed by atoms with Gasteiger partial charge in [-0.15, -0.1) is 11.8 Å². The van der Waals surface area contributed by atoms with E-state index in [2.05, 4.69) is 4.98 Å². The van der Waals surface area contributed by atoms with Crippen LogP contribution in [0.15, 0.2) is 28.7 Å². The molecule has 1 N–H and O–H groups in total. The third kappa shape index (κ3) is 3.75. The Morgan fingerprint density at radius 3 is 2.74 bits per heavy atom. The van der Waals surface area contributed by atoms with Crippen LogP contribution in [-0.2, 0) is 10.5 Å². The maximum absolute atomic E-state index is 10.5. The van der Waals surface area contributed by atoms with Crippen LogP contribution in [-0.4, -0.2) is 21.8 Å². The Morgan fingerprint density at radius 2 is 2.11 bits per heavy atom. The van der Waals surface area contributed by atoms with Gasteiger partial charge in [-0.1, -0.05) is 11.6 Å². The first-order valence-electron chi connectivity index (χ1n) is 5.58. The van der Waals surface area contributed by atoms with E-state index in [4.69, 9.17) is 21.1 Å². The fourth-order valence-corrected chi connectivity index (χ4v) is 2.38. The highest BCUT2D eigenvalue weighted by molar-refractivity contribution is 7.99. The molecule has 2 aromatic rings. The van der Waals surface area contributed by atoms with Gasteiger partial charge in [-0.25, -0.2) is 4.98 Å². The van der Waals surface area contributed by atoms with Crippen molar-refractivity contribution in [1.29, 1.82) is 0 Å². The Morgan fingerprint density at radius 1 is 1.42 bits per heavy atom. The lowest BCUT2D eigenvalue weighted by Gasteiger charge is -1.95. The number of carbonyl (C=O) groups is 1. The lowest BCUT2D eigenvalue weighted by molar-refractivity contribution is -0.133. The van der Waals surface area contributed by atoms with Crippen LogP contribution in [0, 0.1) is 6.92 Å². The lowest BCUT2D eigenvalue weighted by atomic mass is 10.2. The molecule has 1 aromatic heterocycles. The second-order valence-corrected chi connectivity index (χ2v) is 5.34. The summed E-state index contributed by atoms with van der Waals surface area (Å²) < 4.78 is 5.58. The zero-order chi connectivity index (χ0) is 13.8. The maximum Gasteiger partial charge on any atom is 0.313 e. The number of benzene rings is 1. The molecule has 19 heavy (non-hydrogen) atoms. The van der Waals surface area contributed by atoms with Gasteiger partial charge in [0.05, 0.1) is 11.4 Å². The Labute approximate surface area is 119 Å². The van der Waals surface area contributed by atoms with Crippen LogP contribution in [0.25, 0.3) is 11.5 Å². The Hall–Kier alpha value is -1.46. The topological polar surface area (TPSA) is 63.3 Å². The highest BCUT2D eigenvalue weighted by Gasteiger charge is 2.11. The van der Waals surface area contributed by atoms with Crippen LogP contribution in [0.4, 0.5) is 0 Å². The number of halogens is 1. The van der Waals surface area contributed by atoms with Gasteiger partial charge >= 0.3 is 5.97 Å². The highest BCUT2D eigenvalue weighted by Crippen LogP contribution is 2.25. The lowest BCUT2D eigenvalue weighted by Crippen LogP contribution is -1.98. The molecule has 0 atom stereocenters. The number of aromatic nitrogens is 1. The van der Waals surface area contributed by atoms with Crippen molar-refractivity contribution in [2.75, 3.05) is 5.75 Å². The molecule has 4 nitrogen and oxygen atoms in total. The molecule has 0 saturated carbocycles. The van der Waals surface area contributed by atoms with Crippen molar-refractivity contribution in [1.82, 2.24) is 4.98 Å². The molecule has 0 bridgehead atoms. The van der Waals surface area contributed by atoms with Gasteiger partial charge in [0.2, 0.25) is 5.89 Å². The summed E-state index contributed by atoms with van der Waals surface area (Å²) in [5.41, 5.74) is 1.62. The zero-order valence-electron chi connectivity index (χ0n) is 10.2. The van der Waals surface area contributed by atoms with Crippen molar-refractivity contribution < 1.29 is 14.3 Å². The van der Waals surface area contributed by atoms with Crippen molar-refractivity contribution in [3.8, 4) is 11.5 Å². The number of carboxylic acid groups (broad SMARTS) is 1. The molecule has 0 radical (unpaired) electrons. The standard InChI is InChI=1S/C13H12ClNO3S/c1-8-11(6-19-7-12(16)17)15-13(18-8)9-2-4-10(14)5-3-9/h2-5H,6-7H2,1H3,(H,16,17). The van der Waals surface area contributed by atoms with Gasteiger partial charge in [-0.2, -0.15) is 0 Å².